The van der Waals surface area contributed by atoms with E-state index in [0.717, 1.165) is 38.0 Å². The van der Waals surface area contributed by atoms with Gasteiger partial charge < -0.3 is 5.32 Å². The SMILES string of the molecule is CC[C@@H](NC(=O)c1ccc(CN2CCc3ccccc3C2)cc1)c1ccc(C)cc1C. The molecule has 0 aliphatic carbocycles. The molecule has 0 radical (unpaired) electrons. The number of fused-ring (bicyclic) bond motifs is 1. The van der Waals surface area contributed by atoms with Gasteiger partial charge in [-0.05, 0) is 66.6 Å². The van der Waals surface area contributed by atoms with Crippen molar-refractivity contribution in [2.24, 2.45) is 0 Å². The van der Waals surface area contributed by atoms with Crippen molar-refractivity contribution < 1.29 is 4.79 Å². The molecule has 4 rings (SSSR count). The molecule has 3 aromatic rings. The van der Waals surface area contributed by atoms with Gasteiger partial charge in [0, 0.05) is 25.2 Å². The maximum atomic E-state index is 12.9. The highest BCUT2D eigenvalue weighted by Gasteiger charge is 2.18. The molecule has 0 spiro atoms. The summed E-state index contributed by atoms with van der Waals surface area (Å²) in [5, 5.41) is 3.22. The minimum absolute atomic E-state index is 0.00900. The Morgan fingerprint density at radius 3 is 2.45 bits per heavy atom. The normalized spacial score (nSPS) is 14.7. The number of carbonyl (C=O) groups is 1. The lowest BCUT2D eigenvalue weighted by Crippen LogP contribution is -2.30. The highest BCUT2D eigenvalue weighted by molar-refractivity contribution is 5.94. The number of carbonyl (C=O) groups excluding carboxylic acids is 1. The molecule has 0 unspecified atom stereocenters. The average Bonchev–Trinajstić information content (AvgIpc) is 2.78. The van der Waals surface area contributed by atoms with E-state index in [9.17, 15) is 4.79 Å². The van der Waals surface area contributed by atoms with Crippen LogP contribution in [0.25, 0.3) is 0 Å². The molecule has 1 aliphatic rings. The third kappa shape index (κ3) is 5.05. The Bertz CT molecular complexity index is 1050. The first kappa shape index (κ1) is 21.3. The fourth-order valence-electron chi connectivity index (χ4n) is 4.57. The Kier molecular flexibility index (Phi) is 6.53. The number of aryl methyl sites for hydroxylation is 2. The van der Waals surface area contributed by atoms with Crippen LogP contribution in [0.3, 0.4) is 0 Å². The number of nitrogens with one attached hydrogen (secondary N) is 1. The fourth-order valence-corrected chi connectivity index (χ4v) is 4.57. The summed E-state index contributed by atoms with van der Waals surface area (Å²) in [6.45, 7) is 9.31. The van der Waals surface area contributed by atoms with Gasteiger partial charge >= 0.3 is 0 Å². The van der Waals surface area contributed by atoms with Crippen LogP contribution in [-0.4, -0.2) is 17.4 Å². The van der Waals surface area contributed by atoms with Crippen molar-refractivity contribution in [3.05, 3.63) is 106 Å². The summed E-state index contributed by atoms with van der Waals surface area (Å²) in [4.78, 5) is 15.4. The van der Waals surface area contributed by atoms with Crippen LogP contribution >= 0.6 is 0 Å². The van der Waals surface area contributed by atoms with Crippen molar-refractivity contribution in [2.75, 3.05) is 6.54 Å². The molecule has 1 heterocycles. The fraction of sp³-hybridized carbons (Fsp3) is 0.321. The number of rotatable bonds is 6. The minimum Gasteiger partial charge on any atom is -0.345 e. The van der Waals surface area contributed by atoms with E-state index in [-0.39, 0.29) is 11.9 Å². The van der Waals surface area contributed by atoms with Crippen LogP contribution in [0.5, 0.6) is 0 Å². The van der Waals surface area contributed by atoms with Gasteiger partial charge in [0.05, 0.1) is 6.04 Å². The van der Waals surface area contributed by atoms with Gasteiger partial charge in [0.2, 0.25) is 0 Å². The summed E-state index contributed by atoms with van der Waals surface area (Å²) in [5.41, 5.74) is 8.54. The van der Waals surface area contributed by atoms with E-state index in [1.54, 1.807) is 0 Å². The Labute approximate surface area is 186 Å². The van der Waals surface area contributed by atoms with E-state index in [0.29, 0.717) is 0 Å². The van der Waals surface area contributed by atoms with Gasteiger partial charge in [0.1, 0.15) is 0 Å². The number of hydrogen-bond acceptors (Lipinski definition) is 2. The van der Waals surface area contributed by atoms with Crippen LogP contribution in [0, 0.1) is 13.8 Å². The molecule has 3 heteroatoms. The van der Waals surface area contributed by atoms with Crippen LogP contribution in [0.2, 0.25) is 0 Å². The third-order valence-electron chi connectivity index (χ3n) is 6.35. The van der Waals surface area contributed by atoms with Gasteiger partial charge in [-0.3, -0.25) is 9.69 Å². The average molecular weight is 413 g/mol. The first-order valence-electron chi connectivity index (χ1n) is 11.3. The minimum atomic E-state index is -0.00900. The van der Waals surface area contributed by atoms with E-state index in [2.05, 4.69) is 85.6 Å². The van der Waals surface area contributed by atoms with Crippen LogP contribution in [0.1, 0.15) is 63.1 Å². The molecule has 3 nitrogen and oxygen atoms in total. The maximum absolute atomic E-state index is 12.9. The number of hydrogen-bond donors (Lipinski definition) is 1. The molecule has 1 amide bonds. The predicted octanol–water partition coefficient (Wildman–Crippen LogP) is 5.74. The van der Waals surface area contributed by atoms with E-state index in [1.165, 1.54) is 33.4 Å². The highest BCUT2D eigenvalue weighted by atomic mass is 16.1. The Morgan fingerprint density at radius 1 is 1.00 bits per heavy atom. The first-order valence-corrected chi connectivity index (χ1v) is 11.3. The lowest BCUT2D eigenvalue weighted by atomic mass is 9.97. The molecule has 0 fully saturated rings. The van der Waals surface area contributed by atoms with Gasteiger partial charge in [-0.2, -0.15) is 0 Å². The molecule has 31 heavy (non-hydrogen) atoms. The Morgan fingerprint density at radius 2 is 1.74 bits per heavy atom. The van der Waals surface area contributed by atoms with Crippen molar-refractivity contribution >= 4 is 5.91 Å². The standard InChI is InChI=1S/C28H32N2O/c1-4-27(26-14-9-20(2)17-21(26)3)29-28(31)24-12-10-22(11-13-24)18-30-16-15-23-7-5-6-8-25(23)19-30/h5-14,17,27H,4,15-16,18-19H2,1-3H3,(H,29,31)/t27-/m1/s1. The molecule has 1 aliphatic heterocycles. The molecule has 0 bridgehead atoms. The largest absolute Gasteiger partial charge is 0.345 e. The second-order valence-corrected chi connectivity index (χ2v) is 8.72. The van der Waals surface area contributed by atoms with Crippen molar-refractivity contribution in [3.8, 4) is 0 Å². The van der Waals surface area contributed by atoms with Crippen molar-refractivity contribution in [3.63, 3.8) is 0 Å². The third-order valence-corrected chi connectivity index (χ3v) is 6.35. The van der Waals surface area contributed by atoms with E-state index >= 15 is 0 Å². The van der Waals surface area contributed by atoms with Gasteiger partial charge in [-0.1, -0.05) is 67.1 Å². The quantitative estimate of drug-likeness (QED) is 0.560. The summed E-state index contributed by atoms with van der Waals surface area (Å²) in [6, 6.07) is 23.3. The lowest BCUT2D eigenvalue weighted by Gasteiger charge is -2.28. The Hall–Kier alpha value is -2.91. The molecule has 0 saturated carbocycles. The summed E-state index contributed by atoms with van der Waals surface area (Å²) in [5.74, 6) is -0.00900. The summed E-state index contributed by atoms with van der Waals surface area (Å²) in [7, 11) is 0. The van der Waals surface area contributed by atoms with Gasteiger partial charge in [-0.15, -0.1) is 0 Å². The zero-order valence-corrected chi connectivity index (χ0v) is 18.8. The molecule has 0 aromatic heterocycles. The zero-order chi connectivity index (χ0) is 21.8. The molecule has 160 valence electrons. The maximum Gasteiger partial charge on any atom is 0.251 e. The van der Waals surface area contributed by atoms with Gasteiger partial charge in [0.15, 0.2) is 0 Å². The zero-order valence-electron chi connectivity index (χ0n) is 18.8. The number of nitrogens with zero attached hydrogens (tertiary/aromatic N) is 1. The van der Waals surface area contributed by atoms with E-state index < -0.39 is 0 Å². The van der Waals surface area contributed by atoms with Gasteiger partial charge in [-0.25, -0.2) is 0 Å². The van der Waals surface area contributed by atoms with Crippen LogP contribution in [0.4, 0.5) is 0 Å². The number of amides is 1. The topological polar surface area (TPSA) is 32.3 Å². The van der Waals surface area contributed by atoms with Crippen LogP contribution in [-0.2, 0) is 19.5 Å². The van der Waals surface area contributed by atoms with Gasteiger partial charge in [0.25, 0.3) is 5.91 Å². The number of benzene rings is 3. The Balaban J connectivity index is 1.39. The van der Waals surface area contributed by atoms with Crippen LogP contribution in [0.15, 0.2) is 66.7 Å². The second-order valence-electron chi connectivity index (χ2n) is 8.72. The summed E-state index contributed by atoms with van der Waals surface area (Å²) >= 11 is 0. The predicted molar refractivity (Wildman–Crippen MR) is 127 cm³/mol. The van der Waals surface area contributed by atoms with E-state index in [4.69, 9.17) is 0 Å². The second kappa shape index (κ2) is 9.49. The molecule has 3 aromatic carbocycles. The lowest BCUT2D eigenvalue weighted by molar-refractivity contribution is 0.0935. The molecule has 1 N–H and O–H groups in total. The molecular formula is C28H32N2O. The first-order chi connectivity index (χ1) is 15.0. The summed E-state index contributed by atoms with van der Waals surface area (Å²) in [6.07, 6.45) is 1.97. The summed E-state index contributed by atoms with van der Waals surface area (Å²) < 4.78 is 0. The van der Waals surface area contributed by atoms with Crippen molar-refractivity contribution in [1.29, 1.82) is 0 Å². The molecule has 0 saturated heterocycles. The molecular weight excluding hydrogens is 380 g/mol. The monoisotopic (exact) mass is 412 g/mol. The van der Waals surface area contributed by atoms with E-state index in [1.807, 2.05) is 12.1 Å². The van der Waals surface area contributed by atoms with Crippen LogP contribution < -0.4 is 5.32 Å². The van der Waals surface area contributed by atoms with Crippen molar-refractivity contribution in [1.82, 2.24) is 10.2 Å². The molecule has 1 atom stereocenters. The highest BCUT2D eigenvalue weighted by Crippen LogP contribution is 2.23. The van der Waals surface area contributed by atoms with Crippen molar-refractivity contribution in [2.45, 2.75) is 52.7 Å². The smallest absolute Gasteiger partial charge is 0.251 e.